The predicted octanol–water partition coefficient (Wildman–Crippen LogP) is 0.175. The van der Waals surface area contributed by atoms with Gasteiger partial charge in [0.15, 0.2) is 0 Å². The van der Waals surface area contributed by atoms with Crippen LogP contribution in [0.5, 0.6) is 5.88 Å². The minimum Gasteiger partial charge on any atom is -0.481 e. The van der Waals surface area contributed by atoms with Crippen molar-refractivity contribution in [2.24, 2.45) is 5.73 Å². The Hall–Kier alpha value is -2.41. The Morgan fingerprint density at radius 2 is 2.30 bits per heavy atom. The molecule has 0 aliphatic rings. The summed E-state index contributed by atoms with van der Waals surface area (Å²) in [6.07, 6.45) is 4.93. The molecule has 2 heterocycles. The number of aromatic nitrogens is 3. The third kappa shape index (κ3) is 3.55. The van der Waals surface area contributed by atoms with Crippen LogP contribution < -0.4 is 15.8 Å². The minimum absolute atomic E-state index is 0.225. The summed E-state index contributed by atoms with van der Waals surface area (Å²) < 4.78 is 6.75. The molecule has 7 heteroatoms. The number of hydrogen-bond donors (Lipinski definition) is 2. The second-order valence-electron chi connectivity index (χ2n) is 4.18. The van der Waals surface area contributed by atoms with Gasteiger partial charge >= 0.3 is 0 Å². The molecule has 0 bridgehead atoms. The highest BCUT2D eigenvalue weighted by Gasteiger charge is 2.08. The molecule has 0 unspecified atom stereocenters. The number of hydrogen-bond acceptors (Lipinski definition) is 5. The molecular weight excluding hydrogens is 258 g/mol. The molecule has 0 saturated heterocycles. The van der Waals surface area contributed by atoms with E-state index in [0.717, 1.165) is 5.56 Å². The van der Waals surface area contributed by atoms with Crippen molar-refractivity contribution in [1.82, 2.24) is 19.9 Å². The maximum absolute atomic E-state index is 11.9. The average molecular weight is 275 g/mol. The van der Waals surface area contributed by atoms with E-state index in [0.29, 0.717) is 31.2 Å². The quantitative estimate of drug-likeness (QED) is 0.784. The lowest BCUT2D eigenvalue weighted by Gasteiger charge is -2.04. The highest BCUT2D eigenvalue weighted by molar-refractivity contribution is 5.91. The van der Waals surface area contributed by atoms with E-state index in [2.05, 4.69) is 15.3 Å². The predicted molar refractivity (Wildman–Crippen MR) is 73.2 cm³/mol. The monoisotopic (exact) mass is 275 g/mol. The zero-order chi connectivity index (χ0) is 14.4. The van der Waals surface area contributed by atoms with Crippen LogP contribution in [0.25, 0.3) is 0 Å². The Kier molecular flexibility index (Phi) is 4.67. The molecule has 3 N–H and O–H groups in total. The van der Waals surface area contributed by atoms with Crippen molar-refractivity contribution in [1.29, 1.82) is 0 Å². The molecule has 0 radical (unpaired) electrons. The van der Waals surface area contributed by atoms with Crippen molar-refractivity contribution in [3.8, 4) is 5.88 Å². The average Bonchev–Trinajstić information content (AvgIpc) is 2.94. The normalized spacial score (nSPS) is 10.3. The molecular formula is C13H17N5O2. The number of amides is 1. The zero-order valence-corrected chi connectivity index (χ0v) is 11.2. The second kappa shape index (κ2) is 6.67. The molecule has 2 aromatic rings. The molecule has 0 fully saturated rings. The summed E-state index contributed by atoms with van der Waals surface area (Å²) in [7, 11) is 1.56. The Balaban J connectivity index is 1.90. The number of imidazole rings is 1. The smallest absolute Gasteiger partial charge is 0.271 e. The van der Waals surface area contributed by atoms with Crippen molar-refractivity contribution >= 4 is 5.91 Å². The highest BCUT2D eigenvalue weighted by atomic mass is 16.5. The van der Waals surface area contributed by atoms with Crippen LogP contribution in [0.15, 0.2) is 30.9 Å². The van der Waals surface area contributed by atoms with Gasteiger partial charge in [-0.3, -0.25) is 4.79 Å². The van der Waals surface area contributed by atoms with E-state index >= 15 is 0 Å². The van der Waals surface area contributed by atoms with Gasteiger partial charge in [0.1, 0.15) is 5.69 Å². The molecule has 0 spiro atoms. The summed E-state index contributed by atoms with van der Waals surface area (Å²) in [6, 6.07) is 3.59. The molecule has 0 aromatic carbocycles. The van der Waals surface area contributed by atoms with Crippen LogP contribution in [-0.2, 0) is 13.1 Å². The fraction of sp³-hybridized carbons (Fsp3) is 0.308. The lowest BCUT2D eigenvalue weighted by Crippen LogP contribution is -2.23. The van der Waals surface area contributed by atoms with Gasteiger partial charge in [0.2, 0.25) is 5.88 Å². The summed E-state index contributed by atoms with van der Waals surface area (Å²) in [5.41, 5.74) is 6.70. The summed E-state index contributed by atoms with van der Waals surface area (Å²) >= 11 is 0. The van der Waals surface area contributed by atoms with Crippen LogP contribution in [0, 0.1) is 0 Å². The maximum atomic E-state index is 11.9. The lowest BCUT2D eigenvalue weighted by atomic mass is 10.3. The van der Waals surface area contributed by atoms with Gasteiger partial charge in [-0.25, -0.2) is 9.97 Å². The summed E-state index contributed by atoms with van der Waals surface area (Å²) in [6.45, 7) is 1.54. The van der Waals surface area contributed by atoms with Gasteiger partial charge in [-0.2, -0.15) is 0 Å². The van der Waals surface area contributed by atoms with Crippen molar-refractivity contribution in [3.63, 3.8) is 0 Å². The lowest BCUT2D eigenvalue weighted by molar-refractivity contribution is 0.0946. The third-order valence-electron chi connectivity index (χ3n) is 2.71. The number of methoxy groups -OCH3 is 1. The molecule has 0 saturated carbocycles. The van der Waals surface area contributed by atoms with Crippen LogP contribution in [0.4, 0.5) is 0 Å². The number of nitrogens with zero attached hydrogens (tertiary/aromatic N) is 3. The van der Waals surface area contributed by atoms with Gasteiger partial charge in [-0.1, -0.05) is 6.07 Å². The molecule has 1 amide bonds. The first-order chi connectivity index (χ1) is 9.72. The first-order valence-corrected chi connectivity index (χ1v) is 6.22. The first-order valence-electron chi connectivity index (χ1n) is 6.22. The molecule has 2 aromatic heterocycles. The summed E-state index contributed by atoms with van der Waals surface area (Å²) in [5.74, 6) is 0.317. The molecule has 106 valence electrons. The van der Waals surface area contributed by atoms with Crippen molar-refractivity contribution < 1.29 is 9.53 Å². The third-order valence-corrected chi connectivity index (χ3v) is 2.71. The number of nitrogens with two attached hydrogens (primary N) is 1. The number of nitrogens with one attached hydrogen (secondary N) is 1. The number of pyridine rings is 1. The highest BCUT2D eigenvalue weighted by Crippen LogP contribution is 2.06. The van der Waals surface area contributed by atoms with Crippen LogP contribution in [-0.4, -0.2) is 34.1 Å². The molecule has 2 rings (SSSR count). The Bertz CT molecular complexity index is 564. The van der Waals surface area contributed by atoms with Crippen molar-refractivity contribution in [2.45, 2.75) is 13.1 Å². The van der Waals surface area contributed by atoms with Crippen LogP contribution in [0.3, 0.4) is 0 Å². The van der Waals surface area contributed by atoms with Gasteiger partial charge in [0.05, 0.1) is 13.4 Å². The van der Waals surface area contributed by atoms with Crippen molar-refractivity contribution in [2.75, 3.05) is 13.7 Å². The first kappa shape index (κ1) is 14.0. The molecule has 7 nitrogen and oxygen atoms in total. The number of rotatable bonds is 6. The number of carbonyl (C=O) groups excluding carboxylic acids is 1. The largest absolute Gasteiger partial charge is 0.481 e. The van der Waals surface area contributed by atoms with Crippen molar-refractivity contribution in [3.05, 3.63) is 42.1 Å². The number of carbonyl (C=O) groups is 1. The van der Waals surface area contributed by atoms with Crippen LogP contribution in [0.2, 0.25) is 0 Å². The van der Waals surface area contributed by atoms with E-state index in [-0.39, 0.29) is 5.91 Å². The molecule has 20 heavy (non-hydrogen) atoms. The molecule has 0 aliphatic carbocycles. The second-order valence-corrected chi connectivity index (χ2v) is 4.18. The SMILES string of the molecule is COc1ccc(CNC(=O)c2cn(CCN)cn2)cn1. The molecule has 0 atom stereocenters. The van der Waals surface area contributed by atoms with Gasteiger partial charge in [-0.15, -0.1) is 0 Å². The summed E-state index contributed by atoms with van der Waals surface area (Å²) in [4.78, 5) is 20.0. The maximum Gasteiger partial charge on any atom is 0.271 e. The van der Waals surface area contributed by atoms with Gasteiger partial charge in [0, 0.05) is 38.1 Å². The topological polar surface area (TPSA) is 95.1 Å². The van der Waals surface area contributed by atoms with Gasteiger partial charge in [-0.05, 0) is 5.56 Å². The van der Waals surface area contributed by atoms with E-state index < -0.39 is 0 Å². The summed E-state index contributed by atoms with van der Waals surface area (Å²) in [5, 5.41) is 2.78. The van der Waals surface area contributed by atoms with Crippen LogP contribution in [0.1, 0.15) is 16.1 Å². The van der Waals surface area contributed by atoms with E-state index in [1.807, 2.05) is 6.07 Å². The Morgan fingerprint density at radius 3 is 2.95 bits per heavy atom. The van der Waals surface area contributed by atoms with E-state index in [1.54, 1.807) is 36.5 Å². The molecule has 0 aliphatic heterocycles. The van der Waals surface area contributed by atoms with Gasteiger partial charge < -0.3 is 20.4 Å². The Labute approximate surface area is 116 Å². The Morgan fingerprint density at radius 1 is 1.45 bits per heavy atom. The minimum atomic E-state index is -0.225. The van der Waals surface area contributed by atoms with E-state index in [1.165, 1.54) is 0 Å². The van der Waals surface area contributed by atoms with Crippen LogP contribution >= 0.6 is 0 Å². The van der Waals surface area contributed by atoms with E-state index in [4.69, 9.17) is 10.5 Å². The fourth-order valence-electron chi connectivity index (χ4n) is 1.66. The standard InChI is InChI=1S/C13H17N5O2/c1-20-12-3-2-10(6-15-12)7-16-13(19)11-8-18(5-4-14)9-17-11/h2-3,6,8-9H,4-5,7,14H2,1H3,(H,16,19). The zero-order valence-electron chi connectivity index (χ0n) is 11.2. The van der Waals surface area contributed by atoms with Gasteiger partial charge in [0.25, 0.3) is 5.91 Å². The van der Waals surface area contributed by atoms with E-state index in [9.17, 15) is 4.79 Å². The number of ether oxygens (including phenoxy) is 1. The fourth-order valence-corrected chi connectivity index (χ4v) is 1.66.